The lowest BCUT2D eigenvalue weighted by atomic mass is 9.98. The topological polar surface area (TPSA) is 35.5 Å². The van der Waals surface area contributed by atoms with Crippen LogP contribution in [0.25, 0.3) is 0 Å². The van der Waals surface area contributed by atoms with Crippen molar-refractivity contribution in [3.8, 4) is 11.8 Å². The number of hydrogen-bond acceptors (Lipinski definition) is 3. The van der Waals surface area contributed by atoms with E-state index in [4.69, 9.17) is 8.85 Å². The smallest absolute Gasteiger partial charge is 0.194 e. The van der Waals surface area contributed by atoms with Gasteiger partial charge in [-0.3, -0.25) is 4.79 Å². The summed E-state index contributed by atoms with van der Waals surface area (Å²) in [4.78, 5) is 12.5. The molecule has 0 spiro atoms. The summed E-state index contributed by atoms with van der Waals surface area (Å²) in [5.41, 5.74) is 0.297. The second-order valence-electron chi connectivity index (χ2n) is 10.9. The van der Waals surface area contributed by atoms with Crippen molar-refractivity contribution in [3.63, 3.8) is 0 Å². The van der Waals surface area contributed by atoms with Gasteiger partial charge >= 0.3 is 0 Å². The summed E-state index contributed by atoms with van der Waals surface area (Å²) in [5.74, 6) is 6.98. The minimum absolute atomic E-state index is 0.0995. The van der Waals surface area contributed by atoms with Crippen molar-refractivity contribution in [2.24, 2.45) is 5.92 Å². The van der Waals surface area contributed by atoms with Crippen LogP contribution in [0.4, 0.5) is 0 Å². The minimum atomic E-state index is -1.99. The van der Waals surface area contributed by atoms with Gasteiger partial charge < -0.3 is 8.85 Å². The molecule has 0 heterocycles. The third-order valence-electron chi connectivity index (χ3n) is 7.96. The van der Waals surface area contributed by atoms with E-state index in [0.29, 0.717) is 12.0 Å². The van der Waals surface area contributed by atoms with E-state index < -0.39 is 16.6 Å². The van der Waals surface area contributed by atoms with Gasteiger partial charge in [0.15, 0.2) is 22.4 Å². The zero-order valence-corrected chi connectivity index (χ0v) is 22.7. The molecule has 2 aliphatic rings. The molecular weight excluding hydrogens is 404 g/mol. The van der Waals surface area contributed by atoms with Crippen molar-refractivity contribution in [2.75, 3.05) is 0 Å². The van der Waals surface area contributed by atoms with E-state index >= 15 is 0 Å². The molecule has 0 N–H and O–H groups in total. The van der Waals surface area contributed by atoms with E-state index in [1.54, 1.807) is 0 Å². The number of carbonyl (C=O) groups excluding carboxylic acids is 1. The van der Waals surface area contributed by atoms with Crippen LogP contribution in [0.3, 0.4) is 0 Å². The van der Waals surface area contributed by atoms with Crippen LogP contribution in [0.1, 0.15) is 73.6 Å². The quantitative estimate of drug-likeness (QED) is 0.242. The highest BCUT2D eigenvalue weighted by Gasteiger charge is 2.46. The summed E-state index contributed by atoms with van der Waals surface area (Å²) in [6.07, 6.45) is 4.61. The van der Waals surface area contributed by atoms with Gasteiger partial charge in [-0.1, -0.05) is 60.0 Å². The van der Waals surface area contributed by atoms with Crippen molar-refractivity contribution in [1.82, 2.24) is 0 Å². The van der Waals surface area contributed by atoms with Crippen molar-refractivity contribution < 1.29 is 13.6 Å². The molecule has 2 aliphatic carbocycles. The third-order valence-corrected chi connectivity index (χ3v) is 17.1. The van der Waals surface area contributed by atoms with Gasteiger partial charge in [0.05, 0.1) is 12.0 Å². The molecule has 170 valence electrons. The average Bonchev–Trinajstić information content (AvgIpc) is 3.23. The predicted molar refractivity (Wildman–Crippen MR) is 132 cm³/mol. The monoisotopic (exact) mass is 448 g/mol. The van der Waals surface area contributed by atoms with E-state index in [-0.39, 0.29) is 28.4 Å². The molecule has 0 aliphatic heterocycles. The molecule has 2 rings (SSSR count). The van der Waals surface area contributed by atoms with Crippen LogP contribution in [-0.4, -0.2) is 34.1 Å². The number of carbonyl (C=O) groups is 1. The van der Waals surface area contributed by atoms with Crippen LogP contribution in [0.15, 0.2) is 12.2 Å². The molecule has 2 saturated carbocycles. The summed E-state index contributed by atoms with van der Waals surface area (Å²) in [5, 5.41) is 0.0995. The first kappa shape index (κ1) is 25.6. The fourth-order valence-corrected chi connectivity index (χ4v) is 8.81. The molecule has 0 unspecified atom stereocenters. The Morgan fingerprint density at radius 3 is 2.10 bits per heavy atom. The molecule has 0 aromatic carbocycles. The lowest BCUT2D eigenvalue weighted by Crippen LogP contribution is -2.46. The first-order chi connectivity index (χ1) is 13.8. The van der Waals surface area contributed by atoms with Crippen molar-refractivity contribution >= 4 is 22.4 Å². The van der Waals surface area contributed by atoms with Gasteiger partial charge in [0.2, 0.25) is 0 Å². The average molecular weight is 449 g/mol. The highest BCUT2D eigenvalue weighted by atomic mass is 28.4. The lowest BCUT2D eigenvalue weighted by Gasteiger charge is -2.39. The molecule has 0 aromatic heterocycles. The largest absolute Gasteiger partial charge is 0.412 e. The summed E-state index contributed by atoms with van der Waals surface area (Å²) in [6.45, 7) is 22.1. The Bertz CT molecular complexity index is 690. The lowest BCUT2D eigenvalue weighted by molar-refractivity contribution is -0.115. The van der Waals surface area contributed by atoms with E-state index in [9.17, 15) is 4.79 Å². The Morgan fingerprint density at radius 2 is 1.63 bits per heavy atom. The SMILES string of the molecule is C=C1C(=O)C[C@@H](O[Si](C)(C)C(C)(C)C)[C@@H]1C#CC1(O[Si](CC)(CC)CC)CCCC1. The van der Waals surface area contributed by atoms with E-state index in [1.807, 2.05) is 0 Å². The van der Waals surface area contributed by atoms with Gasteiger partial charge in [0.25, 0.3) is 0 Å². The van der Waals surface area contributed by atoms with Crippen molar-refractivity contribution in [3.05, 3.63) is 12.2 Å². The molecule has 5 heteroatoms. The predicted octanol–water partition coefficient (Wildman–Crippen LogP) is 6.86. The molecular formula is C25H44O3Si2. The Labute approximate surface area is 187 Å². The maximum Gasteiger partial charge on any atom is 0.194 e. The number of hydrogen-bond donors (Lipinski definition) is 0. The van der Waals surface area contributed by atoms with Gasteiger partial charge in [0, 0.05) is 12.0 Å². The van der Waals surface area contributed by atoms with Crippen LogP contribution in [0.2, 0.25) is 36.3 Å². The van der Waals surface area contributed by atoms with Crippen LogP contribution in [-0.2, 0) is 13.6 Å². The summed E-state index contributed by atoms with van der Waals surface area (Å²) in [7, 11) is -3.75. The van der Waals surface area contributed by atoms with Gasteiger partial charge in [0.1, 0.15) is 5.60 Å². The standard InChI is InChI=1S/C25H44O3Si2/c1-10-30(11-2,12-3)28-25(16-13-14-17-25)18-15-21-20(4)22(26)19-23(21)27-29(8,9)24(5,6)7/h21,23H,4,10-14,16-17,19H2,1-3,5-9H3/t21-,23-/m1/s1. The summed E-state index contributed by atoms with van der Waals surface area (Å²) >= 11 is 0. The maximum atomic E-state index is 12.5. The van der Waals surface area contributed by atoms with Crippen LogP contribution >= 0.6 is 0 Å². The molecule has 3 nitrogen and oxygen atoms in total. The second kappa shape index (κ2) is 9.44. The van der Waals surface area contributed by atoms with Gasteiger partial charge in [-0.05, 0) is 61.9 Å². The first-order valence-electron chi connectivity index (χ1n) is 12.0. The highest BCUT2D eigenvalue weighted by Crippen LogP contribution is 2.42. The zero-order valence-electron chi connectivity index (χ0n) is 20.7. The van der Waals surface area contributed by atoms with E-state index in [1.165, 1.54) is 12.8 Å². The fraction of sp³-hybridized carbons (Fsp3) is 0.800. The second-order valence-corrected chi connectivity index (χ2v) is 20.3. The normalized spacial score (nSPS) is 24.8. The number of ketones is 1. The van der Waals surface area contributed by atoms with E-state index in [0.717, 1.165) is 31.0 Å². The molecule has 0 saturated heterocycles. The fourth-order valence-electron chi connectivity index (χ4n) is 4.46. The molecule has 0 aromatic rings. The summed E-state index contributed by atoms with van der Waals surface area (Å²) < 4.78 is 13.6. The van der Waals surface area contributed by atoms with Gasteiger partial charge in [-0.2, -0.15) is 0 Å². The maximum absolute atomic E-state index is 12.5. The number of Topliss-reactive ketones (excluding diaryl/α,β-unsaturated/α-hetero) is 1. The molecule has 2 fully saturated rings. The minimum Gasteiger partial charge on any atom is -0.412 e. The van der Waals surface area contributed by atoms with Crippen molar-refractivity contribution in [1.29, 1.82) is 0 Å². The molecule has 30 heavy (non-hydrogen) atoms. The Morgan fingerprint density at radius 1 is 1.10 bits per heavy atom. The third kappa shape index (κ3) is 5.38. The Hall–Kier alpha value is -0.676. The van der Waals surface area contributed by atoms with E-state index in [2.05, 4.69) is 73.1 Å². The number of rotatable bonds is 7. The van der Waals surface area contributed by atoms with Gasteiger partial charge in [-0.25, -0.2) is 0 Å². The summed E-state index contributed by atoms with van der Waals surface area (Å²) in [6, 6.07) is 3.40. The molecule has 0 radical (unpaired) electrons. The first-order valence-corrected chi connectivity index (χ1v) is 17.4. The molecule has 0 bridgehead atoms. The zero-order chi connectivity index (χ0) is 22.8. The van der Waals surface area contributed by atoms with Crippen LogP contribution in [0, 0.1) is 17.8 Å². The Kier molecular flexibility index (Phi) is 8.05. The van der Waals surface area contributed by atoms with Crippen LogP contribution in [0.5, 0.6) is 0 Å². The molecule has 2 atom stereocenters. The van der Waals surface area contributed by atoms with Crippen LogP contribution < -0.4 is 0 Å². The van der Waals surface area contributed by atoms with Gasteiger partial charge in [-0.15, -0.1) is 0 Å². The highest BCUT2D eigenvalue weighted by molar-refractivity contribution is 6.74. The molecule has 0 amide bonds. The Balaban J connectivity index is 2.32. The van der Waals surface area contributed by atoms with Crippen molar-refractivity contribution in [2.45, 2.75) is 122 Å².